The highest BCUT2D eigenvalue weighted by Crippen LogP contribution is 2.34. The number of guanidine groups is 1. The van der Waals surface area contributed by atoms with E-state index < -0.39 is 0 Å². The van der Waals surface area contributed by atoms with Crippen molar-refractivity contribution >= 4 is 29.9 Å². The van der Waals surface area contributed by atoms with Gasteiger partial charge in [-0.15, -0.1) is 24.0 Å². The molecule has 1 aromatic rings. The van der Waals surface area contributed by atoms with Crippen molar-refractivity contribution in [2.24, 2.45) is 4.99 Å². The fourth-order valence-electron chi connectivity index (χ4n) is 4.05. The first-order chi connectivity index (χ1) is 13.7. The summed E-state index contributed by atoms with van der Waals surface area (Å²) in [5.41, 5.74) is 1.11. The predicted molar refractivity (Wildman–Crippen MR) is 129 cm³/mol. The summed E-state index contributed by atoms with van der Waals surface area (Å²) in [5, 5.41) is 6.95. The van der Waals surface area contributed by atoms with Crippen molar-refractivity contribution in [2.45, 2.75) is 64.8 Å². The van der Waals surface area contributed by atoms with E-state index in [1.165, 1.54) is 6.42 Å². The Hall–Kier alpha value is -1.06. The zero-order valence-corrected chi connectivity index (χ0v) is 20.4. The number of benzene rings is 1. The molecule has 0 aliphatic carbocycles. The van der Waals surface area contributed by atoms with Crippen LogP contribution in [0.3, 0.4) is 0 Å². The summed E-state index contributed by atoms with van der Waals surface area (Å²) in [5.74, 6) is 1.79. The van der Waals surface area contributed by atoms with E-state index >= 15 is 0 Å². The molecule has 0 amide bonds. The van der Waals surface area contributed by atoms with Gasteiger partial charge in [0.15, 0.2) is 5.96 Å². The van der Waals surface area contributed by atoms with Crippen LogP contribution in [0.25, 0.3) is 0 Å². The molecule has 2 heterocycles. The van der Waals surface area contributed by atoms with Crippen LogP contribution in [0.1, 0.15) is 45.6 Å². The molecule has 2 N–H and O–H groups in total. The number of likely N-dealkylation sites (N-methyl/N-ethyl adjacent to an activating group) is 1. The molecule has 0 spiro atoms. The summed E-state index contributed by atoms with van der Waals surface area (Å²) in [4.78, 5) is 7.18. The molecule has 0 radical (unpaired) electrons. The number of aliphatic imine (C=N–C) groups is 1. The molecule has 6 nitrogen and oxygen atoms in total. The Morgan fingerprint density at radius 3 is 2.66 bits per heavy atom. The summed E-state index contributed by atoms with van der Waals surface area (Å²) in [6.07, 6.45) is 4.22. The summed E-state index contributed by atoms with van der Waals surface area (Å²) in [7, 11) is 0. The van der Waals surface area contributed by atoms with Crippen molar-refractivity contribution in [3.05, 3.63) is 29.8 Å². The van der Waals surface area contributed by atoms with E-state index in [9.17, 15) is 0 Å². The average Bonchev–Trinajstić information content (AvgIpc) is 3.33. The van der Waals surface area contributed by atoms with E-state index in [-0.39, 0.29) is 24.0 Å². The normalized spacial score (nSPS) is 23.2. The Labute approximate surface area is 192 Å². The zero-order valence-electron chi connectivity index (χ0n) is 18.0. The first kappa shape index (κ1) is 24.2. The minimum atomic E-state index is 0. The Morgan fingerprint density at radius 1 is 1.21 bits per heavy atom. The maximum Gasteiger partial charge on any atom is 0.191 e. The third kappa shape index (κ3) is 7.00. The molecule has 0 saturated carbocycles. The van der Waals surface area contributed by atoms with Crippen LogP contribution in [0.4, 0.5) is 0 Å². The van der Waals surface area contributed by atoms with Gasteiger partial charge in [-0.25, -0.2) is 4.99 Å². The molecule has 1 aromatic carbocycles. The maximum absolute atomic E-state index is 6.07. The van der Waals surface area contributed by atoms with Crippen LogP contribution in [0.15, 0.2) is 29.3 Å². The molecule has 2 bridgehead atoms. The third-order valence-electron chi connectivity index (χ3n) is 5.71. The van der Waals surface area contributed by atoms with Gasteiger partial charge in [0, 0.05) is 18.7 Å². The second-order valence-electron chi connectivity index (χ2n) is 7.54. The molecule has 2 aliphatic rings. The lowest BCUT2D eigenvalue weighted by atomic mass is 9.96. The van der Waals surface area contributed by atoms with Crippen LogP contribution in [-0.2, 0) is 11.3 Å². The number of hydrogen-bond acceptors (Lipinski definition) is 4. The number of hydrogen-bond donors (Lipinski definition) is 2. The monoisotopic (exact) mass is 516 g/mol. The van der Waals surface area contributed by atoms with Crippen LogP contribution >= 0.6 is 24.0 Å². The van der Waals surface area contributed by atoms with Crippen LogP contribution in [0, 0.1) is 0 Å². The standard InChI is InChI=1S/C22H36N4O2.HI/c1-4-23-22(25-19-15-18-11-12-21(19)28-18)24-16-17-9-7-8-10-20(17)27-14-13-26(5-2)6-3;/h7-10,18-19,21H,4-6,11-16H2,1-3H3,(H2,23,24,25);1H. The van der Waals surface area contributed by atoms with Crippen LogP contribution < -0.4 is 15.4 Å². The molecule has 164 valence electrons. The number of nitrogens with zero attached hydrogens (tertiary/aromatic N) is 2. The van der Waals surface area contributed by atoms with Gasteiger partial charge in [-0.1, -0.05) is 32.0 Å². The van der Waals surface area contributed by atoms with Gasteiger partial charge >= 0.3 is 0 Å². The fraction of sp³-hybridized carbons (Fsp3) is 0.682. The van der Waals surface area contributed by atoms with Crippen molar-refractivity contribution in [1.29, 1.82) is 0 Å². The minimum Gasteiger partial charge on any atom is -0.492 e. The second-order valence-corrected chi connectivity index (χ2v) is 7.54. The maximum atomic E-state index is 6.07. The Balaban J connectivity index is 0.00000300. The molecule has 3 atom stereocenters. The largest absolute Gasteiger partial charge is 0.492 e. The number of para-hydroxylation sites is 1. The number of halogens is 1. The van der Waals surface area contributed by atoms with E-state index in [1.54, 1.807) is 0 Å². The average molecular weight is 516 g/mol. The lowest BCUT2D eigenvalue weighted by Crippen LogP contribution is -2.47. The van der Waals surface area contributed by atoms with Crippen molar-refractivity contribution in [2.75, 3.05) is 32.8 Å². The predicted octanol–water partition coefficient (Wildman–Crippen LogP) is 3.40. The van der Waals surface area contributed by atoms with E-state index in [4.69, 9.17) is 14.5 Å². The molecule has 7 heteroatoms. The van der Waals surface area contributed by atoms with Crippen LogP contribution in [0.5, 0.6) is 5.75 Å². The number of nitrogens with one attached hydrogen (secondary N) is 2. The molecule has 2 fully saturated rings. The molecule has 3 unspecified atom stereocenters. The first-order valence-electron chi connectivity index (χ1n) is 10.9. The Bertz CT molecular complexity index is 639. The second kappa shape index (κ2) is 12.6. The summed E-state index contributed by atoms with van der Waals surface area (Å²) in [6.45, 7) is 11.6. The van der Waals surface area contributed by atoms with Crippen LogP contribution in [-0.4, -0.2) is 61.9 Å². The zero-order chi connectivity index (χ0) is 19.8. The van der Waals surface area contributed by atoms with E-state index in [1.807, 2.05) is 18.2 Å². The van der Waals surface area contributed by atoms with Gasteiger partial charge in [0.05, 0.1) is 24.8 Å². The molecular formula is C22H37IN4O2. The lowest BCUT2D eigenvalue weighted by Gasteiger charge is -2.22. The van der Waals surface area contributed by atoms with Gasteiger partial charge < -0.3 is 25.0 Å². The summed E-state index contributed by atoms with van der Waals surface area (Å²) >= 11 is 0. The third-order valence-corrected chi connectivity index (χ3v) is 5.71. The van der Waals surface area contributed by atoms with E-state index in [0.29, 0.717) is 31.4 Å². The smallest absolute Gasteiger partial charge is 0.191 e. The Morgan fingerprint density at radius 2 is 2.00 bits per heavy atom. The molecule has 29 heavy (non-hydrogen) atoms. The van der Waals surface area contributed by atoms with Crippen molar-refractivity contribution in [3.63, 3.8) is 0 Å². The lowest BCUT2D eigenvalue weighted by molar-refractivity contribution is 0.0992. The van der Waals surface area contributed by atoms with Gasteiger partial charge in [-0.2, -0.15) is 0 Å². The highest BCUT2D eigenvalue weighted by atomic mass is 127. The van der Waals surface area contributed by atoms with Crippen molar-refractivity contribution in [3.8, 4) is 5.75 Å². The molecule has 2 saturated heterocycles. The molecular weight excluding hydrogens is 479 g/mol. The molecule has 0 aromatic heterocycles. The van der Waals surface area contributed by atoms with Gasteiger partial charge in [-0.05, 0) is 45.3 Å². The number of ether oxygens (including phenoxy) is 2. The van der Waals surface area contributed by atoms with Gasteiger partial charge in [0.1, 0.15) is 12.4 Å². The quantitative estimate of drug-likeness (QED) is 0.284. The highest BCUT2D eigenvalue weighted by molar-refractivity contribution is 14.0. The van der Waals surface area contributed by atoms with Gasteiger partial charge in [-0.3, -0.25) is 0 Å². The highest BCUT2D eigenvalue weighted by Gasteiger charge is 2.41. The van der Waals surface area contributed by atoms with E-state index in [0.717, 1.165) is 56.3 Å². The van der Waals surface area contributed by atoms with Crippen LogP contribution in [0.2, 0.25) is 0 Å². The SMILES string of the molecule is CCNC(=NCc1ccccc1OCCN(CC)CC)NC1CC2CCC1O2.I. The Kier molecular flexibility index (Phi) is 10.5. The van der Waals surface area contributed by atoms with Gasteiger partial charge in [0.25, 0.3) is 0 Å². The minimum absolute atomic E-state index is 0. The molecule has 2 aliphatic heterocycles. The van der Waals surface area contributed by atoms with E-state index in [2.05, 4.69) is 42.4 Å². The fourth-order valence-corrected chi connectivity index (χ4v) is 4.05. The van der Waals surface area contributed by atoms with Crippen molar-refractivity contribution < 1.29 is 9.47 Å². The topological polar surface area (TPSA) is 58.1 Å². The molecule has 3 rings (SSSR count). The summed E-state index contributed by atoms with van der Waals surface area (Å²) in [6, 6.07) is 8.58. The summed E-state index contributed by atoms with van der Waals surface area (Å²) < 4.78 is 12.0. The number of fused-ring (bicyclic) bond motifs is 2. The van der Waals surface area contributed by atoms with Gasteiger partial charge in [0.2, 0.25) is 0 Å². The number of rotatable bonds is 10. The first-order valence-corrected chi connectivity index (χ1v) is 10.9. The van der Waals surface area contributed by atoms with Crippen molar-refractivity contribution in [1.82, 2.24) is 15.5 Å².